The second-order valence-corrected chi connectivity index (χ2v) is 5.59. The highest BCUT2D eigenvalue weighted by Crippen LogP contribution is 2.25. The molecule has 0 aromatic carbocycles. The zero-order valence-corrected chi connectivity index (χ0v) is 13.7. The van der Waals surface area contributed by atoms with Crippen LogP contribution in [-0.4, -0.2) is 36.4 Å². The van der Waals surface area contributed by atoms with E-state index in [1.807, 2.05) is 13.8 Å². The number of alkyl halides is 3. The first-order valence-corrected chi connectivity index (χ1v) is 7.21. The first kappa shape index (κ1) is 17.4. The third-order valence-corrected chi connectivity index (χ3v) is 3.51. The Morgan fingerprint density at radius 2 is 1.95 bits per heavy atom. The Morgan fingerprint density at radius 1 is 1.30 bits per heavy atom. The minimum atomic E-state index is -4.30. The van der Waals surface area contributed by atoms with Crippen molar-refractivity contribution in [3.8, 4) is 0 Å². The zero-order chi connectivity index (χ0) is 15.3. The van der Waals surface area contributed by atoms with Crippen molar-refractivity contribution in [3.63, 3.8) is 0 Å². The van der Waals surface area contributed by atoms with Gasteiger partial charge in [-0.2, -0.15) is 13.2 Å². The van der Waals surface area contributed by atoms with Crippen molar-refractivity contribution in [2.75, 3.05) is 25.6 Å². The van der Waals surface area contributed by atoms with E-state index in [2.05, 4.69) is 42.6 Å². The van der Waals surface area contributed by atoms with Crippen LogP contribution < -0.4 is 5.32 Å². The van der Waals surface area contributed by atoms with Gasteiger partial charge >= 0.3 is 6.18 Å². The van der Waals surface area contributed by atoms with Gasteiger partial charge < -0.3 is 10.1 Å². The Labute approximate surface area is 129 Å². The van der Waals surface area contributed by atoms with Crippen molar-refractivity contribution >= 4 is 28.4 Å². The van der Waals surface area contributed by atoms with E-state index in [-0.39, 0.29) is 18.9 Å². The molecule has 1 aromatic heterocycles. The molecule has 0 spiro atoms. The molecule has 0 fully saturated rings. The van der Waals surface area contributed by atoms with E-state index in [4.69, 9.17) is 0 Å². The second-order valence-electron chi connectivity index (χ2n) is 4.51. The van der Waals surface area contributed by atoms with Gasteiger partial charge in [0.25, 0.3) is 0 Å². The highest BCUT2D eigenvalue weighted by molar-refractivity contribution is 14.1. The van der Waals surface area contributed by atoms with Gasteiger partial charge in [0.05, 0.1) is 15.9 Å². The molecule has 0 saturated heterocycles. The summed E-state index contributed by atoms with van der Waals surface area (Å²) in [6.45, 7) is 2.72. The van der Waals surface area contributed by atoms with Crippen molar-refractivity contribution in [2.24, 2.45) is 0 Å². The Balaban J connectivity index is 2.73. The van der Waals surface area contributed by atoms with Crippen LogP contribution in [0, 0.1) is 3.57 Å². The van der Waals surface area contributed by atoms with E-state index in [0.29, 0.717) is 11.6 Å². The van der Waals surface area contributed by atoms with Crippen LogP contribution in [0.5, 0.6) is 0 Å². The van der Waals surface area contributed by atoms with Gasteiger partial charge in [-0.1, -0.05) is 13.8 Å². The average molecular weight is 403 g/mol. The normalized spacial score (nSPS) is 12.0. The van der Waals surface area contributed by atoms with Crippen molar-refractivity contribution < 1.29 is 17.9 Å². The maximum absolute atomic E-state index is 12.0. The summed E-state index contributed by atoms with van der Waals surface area (Å²) in [7, 11) is 1.75. The van der Waals surface area contributed by atoms with Crippen LogP contribution in [0.2, 0.25) is 0 Å². The van der Waals surface area contributed by atoms with Crippen LogP contribution in [-0.2, 0) is 11.2 Å². The number of hydrogen-bond donors (Lipinski definition) is 1. The standard InChI is InChI=1S/C12H17F3IN3O/c1-7(2)10-9(16)11(17-3)19-8(18-10)4-5-20-6-12(13,14)15/h7H,4-6H2,1-3H3,(H,17,18,19). The van der Waals surface area contributed by atoms with Crippen LogP contribution in [0.4, 0.5) is 19.0 Å². The smallest absolute Gasteiger partial charge is 0.372 e. The number of anilines is 1. The van der Waals surface area contributed by atoms with Gasteiger partial charge in [-0.05, 0) is 28.5 Å². The third-order valence-electron chi connectivity index (χ3n) is 2.44. The van der Waals surface area contributed by atoms with Gasteiger partial charge in [-0.3, -0.25) is 0 Å². The molecular formula is C12H17F3IN3O. The molecule has 1 aromatic rings. The zero-order valence-electron chi connectivity index (χ0n) is 11.5. The molecular weight excluding hydrogens is 386 g/mol. The lowest BCUT2D eigenvalue weighted by atomic mass is 10.1. The van der Waals surface area contributed by atoms with E-state index in [1.54, 1.807) is 7.05 Å². The van der Waals surface area contributed by atoms with Gasteiger partial charge in [0.1, 0.15) is 18.2 Å². The molecule has 1 rings (SSSR count). The molecule has 0 unspecified atom stereocenters. The SMILES string of the molecule is CNc1nc(CCOCC(F)(F)F)nc(C(C)C)c1I. The number of hydrogen-bond acceptors (Lipinski definition) is 4. The topological polar surface area (TPSA) is 47.0 Å². The molecule has 8 heteroatoms. The molecule has 0 atom stereocenters. The van der Waals surface area contributed by atoms with E-state index >= 15 is 0 Å². The predicted molar refractivity (Wildman–Crippen MR) is 79.0 cm³/mol. The maximum atomic E-state index is 12.0. The average Bonchev–Trinajstić information content (AvgIpc) is 2.34. The molecule has 0 saturated carbocycles. The van der Waals surface area contributed by atoms with E-state index in [9.17, 15) is 13.2 Å². The summed E-state index contributed by atoms with van der Waals surface area (Å²) in [4.78, 5) is 8.67. The molecule has 0 aliphatic heterocycles. The van der Waals surface area contributed by atoms with E-state index in [0.717, 1.165) is 9.26 Å². The summed E-state index contributed by atoms with van der Waals surface area (Å²) in [6.07, 6.45) is -4.05. The minimum absolute atomic E-state index is 0.0548. The van der Waals surface area contributed by atoms with E-state index in [1.165, 1.54) is 0 Å². The highest BCUT2D eigenvalue weighted by atomic mass is 127. The first-order chi connectivity index (χ1) is 9.24. The number of halogens is 4. The summed E-state index contributed by atoms with van der Waals surface area (Å²) in [5.74, 6) is 1.39. The van der Waals surface area contributed by atoms with Gasteiger partial charge in [-0.15, -0.1) is 0 Å². The fourth-order valence-electron chi connectivity index (χ4n) is 1.52. The van der Waals surface area contributed by atoms with Crippen molar-refractivity contribution in [3.05, 3.63) is 15.1 Å². The van der Waals surface area contributed by atoms with Crippen molar-refractivity contribution in [2.45, 2.75) is 32.4 Å². The molecule has 0 aliphatic carbocycles. The quantitative estimate of drug-likeness (QED) is 0.585. The Hall–Kier alpha value is -0.640. The van der Waals surface area contributed by atoms with Crippen LogP contribution in [0.25, 0.3) is 0 Å². The molecule has 0 aliphatic rings. The second kappa shape index (κ2) is 7.39. The monoisotopic (exact) mass is 403 g/mol. The number of nitrogens with zero attached hydrogens (tertiary/aromatic N) is 2. The summed E-state index contributed by atoms with van der Waals surface area (Å²) >= 11 is 2.16. The molecule has 0 radical (unpaired) electrons. The van der Waals surface area contributed by atoms with Crippen molar-refractivity contribution in [1.82, 2.24) is 9.97 Å². The third kappa shape index (κ3) is 5.39. The number of rotatable bonds is 6. The van der Waals surface area contributed by atoms with E-state index < -0.39 is 12.8 Å². The van der Waals surface area contributed by atoms with Crippen LogP contribution in [0.3, 0.4) is 0 Å². The summed E-state index contributed by atoms with van der Waals surface area (Å²) < 4.78 is 41.4. The number of ether oxygens (including phenoxy) is 1. The molecule has 4 nitrogen and oxygen atoms in total. The Bertz CT molecular complexity index is 452. The number of nitrogens with one attached hydrogen (secondary N) is 1. The fourth-order valence-corrected chi connectivity index (χ4v) is 2.66. The first-order valence-electron chi connectivity index (χ1n) is 6.13. The number of aromatic nitrogens is 2. The lowest BCUT2D eigenvalue weighted by molar-refractivity contribution is -0.173. The van der Waals surface area contributed by atoms with Gasteiger partial charge in [0.2, 0.25) is 0 Å². The molecule has 0 bridgehead atoms. The summed E-state index contributed by atoms with van der Waals surface area (Å²) in [5, 5.41) is 2.97. The molecule has 20 heavy (non-hydrogen) atoms. The lowest BCUT2D eigenvalue weighted by Crippen LogP contribution is -2.18. The summed E-state index contributed by atoms with van der Waals surface area (Å²) in [5.41, 5.74) is 0.885. The molecule has 1 heterocycles. The van der Waals surface area contributed by atoms with Crippen LogP contribution in [0.1, 0.15) is 31.3 Å². The lowest BCUT2D eigenvalue weighted by Gasteiger charge is -2.13. The molecule has 114 valence electrons. The largest absolute Gasteiger partial charge is 0.411 e. The predicted octanol–water partition coefficient (Wildman–Crippen LogP) is 3.37. The van der Waals surface area contributed by atoms with Gasteiger partial charge in [0, 0.05) is 13.5 Å². The van der Waals surface area contributed by atoms with Gasteiger partial charge in [-0.25, -0.2) is 9.97 Å². The van der Waals surface area contributed by atoms with Crippen LogP contribution >= 0.6 is 22.6 Å². The Kier molecular flexibility index (Phi) is 6.44. The maximum Gasteiger partial charge on any atom is 0.411 e. The van der Waals surface area contributed by atoms with Crippen molar-refractivity contribution in [1.29, 1.82) is 0 Å². The highest BCUT2D eigenvalue weighted by Gasteiger charge is 2.27. The molecule has 0 amide bonds. The Morgan fingerprint density at radius 3 is 2.45 bits per heavy atom. The molecule has 1 N–H and O–H groups in total. The van der Waals surface area contributed by atoms with Crippen LogP contribution in [0.15, 0.2) is 0 Å². The summed E-state index contributed by atoms with van der Waals surface area (Å²) in [6, 6.07) is 0. The fraction of sp³-hybridized carbons (Fsp3) is 0.667. The minimum Gasteiger partial charge on any atom is -0.372 e. The van der Waals surface area contributed by atoms with Gasteiger partial charge in [0.15, 0.2) is 0 Å².